The fourth-order valence-corrected chi connectivity index (χ4v) is 3.62. The van der Waals surface area contributed by atoms with Gasteiger partial charge >= 0.3 is 0 Å². The van der Waals surface area contributed by atoms with Crippen molar-refractivity contribution in [2.24, 2.45) is 0 Å². The highest BCUT2D eigenvalue weighted by molar-refractivity contribution is 5.99. The molecule has 1 saturated heterocycles. The Morgan fingerprint density at radius 2 is 1.77 bits per heavy atom. The van der Waals surface area contributed by atoms with Crippen LogP contribution in [0.1, 0.15) is 24.0 Å². The average molecular weight is 356 g/mol. The van der Waals surface area contributed by atoms with E-state index in [4.69, 9.17) is 4.74 Å². The minimum Gasteiger partial charge on any atom is -0.381 e. The third kappa shape index (κ3) is 3.58. The number of halogens is 1. The first kappa shape index (κ1) is 18.4. The van der Waals surface area contributed by atoms with Crippen LogP contribution in [0, 0.1) is 12.7 Å². The van der Waals surface area contributed by atoms with E-state index in [1.54, 1.807) is 12.1 Å². The van der Waals surface area contributed by atoms with E-state index in [2.05, 4.69) is 5.32 Å². The first-order valence-corrected chi connectivity index (χ1v) is 8.85. The number of ether oxygens (including phenoxy) is 1. The summed E-state index contributed by atoms with van der Waals surface area (Å²) in [6.07, 6.45) is 1.17. The van der Waals surface area contributed by atoms with Crippen LogP contribution in [-0.2, 0) is 14.9 Å². The predicted molar refractivity (Wildman–Crippen MR) is 102 cm³/mol. The van der Waals surface area contributed by atoms with Crippen LogP contribution in [0.3, 0.4) is 0 Å². The standard InChI is InChI=1S/C21H25FN2O2/c1-15-14-18(8-9-19(15)24(2)3)23-20(25)21(10-12-26-13-11-21)16-4-6-17(22)7-5-16/h4-9,14H,10-13H2,1-3H3,(H,23,25). The quantitative estimate of drug-likeness (QED) is 0.904. The van der Waals surface area contributed by atoms with E-state index in [0.29, 0.717) is 26.1 Å². The van der Waals surface area contributed by atoms with Crippen molar-refractivity contribution in [1.82, 2.24) is 0 Å². The number of aryl methyl sites for hydroxylation is 1. The molecule has 2 aromatic rings. The molecule has 0 aromatic heterocycles. The largest absolute Gasteiger partial charge is 0.381 e. The van der Waals surface area contributed by atoms with Crippen LogP contribution in [0.2, 0.25) is 0 Å². The Bertz CT molecular complexity index is 781. The number of nitrogens with one attached hydrogen (secondary N) is 1. The van der Waals surface area contributed by atoms with Gasteiger partial charge in [0.2, 0.25) is 5.91 Å². The van der Waals surface area contributed by atoms with E-state index in [9.17, 15) is 9.18 Å². The Balaban J connectivity index is 1.89. The van der Waals surface area contributed by atoms with Gasteiger partial charge in [-0.1, -0.05) is 12.1 Å². The van der Waals surface area contributed by atoms with Crippen LogP contribution < -0.4 is 10.2 Å². The highest BCUT2D eigenvalue weighted by atomic mass is 19.1. The lowest BCUT2D eigenvalue weighted by molar-refractivity contribution is -0.125. The van der Waals surface area contributed by atoms with Crippen LogP contribution in [0.25, 0.3) is 0 Å². The van der Waals surface area contributed by atoms with Gasteiger partial charge in [0.05, 0.1) is 5.41 Å². The summed E-state index contributed by atoms with van der Waals surface area (Å²) in [6.45, 7) is 3.06. The molecule has 0 atom stereocenters. The summed E-state index contributed by atoms with van der Waals surface area (Å²) in [7, 11) is 3.98. The molecule has 0 unspecified atom stereocenters. The van der Waals surface area contributed by atoms with Gasteiger partial charge in [-0.2, -0.15) is 0 Å². The van der Waals surface area contributed by atoms with Crippen LogP contribution in [0.15, 0.2) is 42.5 Å². The minimum absolute atomic E-state index is 0.0654. The van der Waals surface area contributed by atoms with Gasteiger partial charge in [-0.05, 0) is 61.2 Å². The number of hydrogen-bond acceptors (Lipinski definition) is 3. The van der Waals surface area contributed by atoms with E-state index < -0.39 is 5.41 Å². The zero-order chi connectivity index (χ0) is 18.7. The van der Waals surface area contributed by atoms with Crippen molar-refractivity contribution in [3.05, 3.63) is 59.4 Å². The summed E-state index contributed by atoms with van der Waals surface area (Å²) in [5, 5.41) is 3.07. The van der Waals surface area contributed by atoms with E-state index in [1.807, 2.05) is 44.1 Å². The highest BCUT2D eigenvalue weighted by Crippen LogP contribution is 2.36. The van der Waals surface area contributed by atoms with Crippen molar-refractivity contribution < 1.29 is 13.9 Å². The van der Waals surface area contributed by atoms with E-state index in [1.165, 1.54) is 12.1 Å². The number of nitrogens with zero attached hydrogens (tertiary/aromatic N) is 1. The van der Waals surface area contributed by atoms with Crippen LogP contribution >= 0.6 is 0 Å². The number of hydrogen-bond donors (Lipinski definition) is 1. The summed E-state index contributed by atoms with van der Waals surface area (Å²) in [4.78, 5) is 15.3. The van der Waals surface area contributed by atoms with Crippen LogP contribution in [0.5, 0.6) is 0 Å². The summed E-state index contributed by atoms with van der Waals surface area (Å²) >= 11 is 0. The smallest absolute Gasteiger partial charge is 0.235 e. The molecule has 4 nitrogen and oxygen atoms in total. The van der Waals surface area contributed by atoms with Crippen molar-refractivity contribution in [1.29, 1.82) is 0 Å². The predicted octanol–water partition coefficient (Wildman–Crippen LogP) is 3.89. The second kappa shape index (κ2) is 7.46. The maximum atomic E-state index is 13.3. The van der Waals surface area contributed by atoms with Crippen molar-refractivity contribution in [2.75, 3.05) is 37.5 Å². The maximum Gasteiger partial charge on any atom is 0.235 e. The molecule has 1 aliphatic rings. The normalized spacial score (nSPS) is 16.2. The zero-order valence-electron chi connectivity index (χ0n) is 15.5. The number of benzene rings is 2. The Labute approximate surface area is 154 Å². The lowest BCUT2D eigenvalue weighted by atomic mass is 9.73. The SMILES string of the molecule is Cc1cc(NC(=O)C2(c3ccc(F)cc3)CCOCC2)ccc1N(C)C. The van der Waals surface area contributed by atoms with Crippen molar-refractivity contribution in [2.45, 2.75) is 25.2 Å². The van der Waals surface area contributed by atoms with Crippen molar-refractivity contribution in [3.8, 4) is 0 Å². The molecule has 1 N–H and O–H groups in total. The zero-order valence-corrected chi connectivity index (χ0v) is 15.5. The van der Waals surface area contributed by atoms with Crippen LogP contribution in [-0.4, -0.2) is 33.2 Å². The molecule has 0 radical (unpaired) electrons. The van der Waals surface area contributed by atoms with Gasteiger partial charge in [-0.15, -0.1) is 0 Å². The average Bonchev–Trinajstić information content (AvgIpc) is 2.62. The number of anilines is 2. The first-order valence-electron chi connectivity index (χ1n) is 8.85. The number of rotatable bonds is 4. The van der Waals surface area contributed by atoms with Gasteiger partial charge in [-0.3, -0.25) is 4.79 Å². The van der Waals surface area contributed by atoms with Gasteiger partial charge in [-0.25, -0.2) is 4.39 Å². The lowest BCUT2D eigenvalue weighted by Gasteiger charge is -2.36. The Morgan fingerprint density at radius 1 is 1.12 bits per heavy atom. The summed E-state index contributed by atoms with van der Waals surface area (Å²) in [6, 6.07) is 12.1. The molecule has 1 aliphatic heterocycles. The van der Waals surface area contributed by atoms with E-state index in [0.717, 1.165) is 22.5 Å². The topological polar surface area (TPSA) is 41.6 Å². The Hall–Kier alpha value is -2.40. The van der Waals surface area contributed by atoms with Gasteiger partial charge in [0.25, 0.3) is 0 Å². The monoisotopic (exact) mass is 356 g/mol. The van der Waals surface area contributed by atoms with Crippen molar-refractivity contribution >= 4 is 17.3 Å². The van der Waals surface area contributed by atoms with E-state index >= 15 is 0 Å². The Morgan fingerprint density at radius 3 is 2.35 bits per heavy atom. The molecule has 1 amide bonds. The van der Waals surface area contributed by atoms with Gasteiger partial charge < -0.3 is 15.0 Å². The molecular weight excluding hydrogens is 331 g/mol. The lowest BCUT2D eigenvalue weighted by Crippen LogP contribution is -2.44. The maximum absolute atomic E-state index is 13.3. The molecule has 138 valence electrons. The molecule has 5 heteroatoms. The second-order valence-electron chi connectivity index (χ2n) is 7.05. The summed E-state index contributed by atoms with van der Waals surface area (Å²) < 4.78 is 18.8. The summed E-state index contributed by atoms with van der Waals surface area (Å²) in [5.41, 5.74) is 3.12. The summed E-state index contributed by atoms with van der Waals surface area (Å²) in [5.74, 6) is -0.365. The third-order valence-corrected chi connectivity index (χ3v) is 5.11. The molecule has 0 saturated carbocycles. The van der Waals surface area contributed by atoms with Crippen LogP contribution in [0.4, 0.5) is 15.8 Å². The molecular formula is C21H25FN2O2. The van der Waals surface area contributed by atoms with Gasteiger partial charge in [0.15, 0.2) is 0 Å². The molecule has 1 heterocycles. The second-order valence-corrected chi connectivity index (χ2v) is 7.05. The number of carbonyl (C=O) groups is 1. The minimum atomic E-state index is -0.694. The number of carbonyl (C=O) groups excluding carboxylic acids is 1. The first-order chi connectivity index (χ1) is 12.4. The van der Waals surface area contributed by atoms with Crippen molar-refractivity contribution in [3.63, 3.8) is 0 Å². The third-order valence-electron chi connectivity index (χ3n) is 5.11. The fourth-order valence-electron chi connectivity index (χ4n) is 3.62. The Kier molecular flexibility index (Phi) is 5.28. The number of amides is 1. The van der Waals surface area contributed by atoms with Gasteiger partial charge in [0, 0.05) is 38.7 Å². The highest BCUT2D eigenvalue weighted by Gasteiger charge is 2.41. The molecule has 0 spiro atoms. The molecule has 2 aromatic carbocycles. The molecule has 0 bridgehead atoms. The van der Waals surface area contributed by atoms with Gasteiger partial charge in [0.1, 0.15) is 5.82 Å². The van der Waals surface area contributed by atoms with E-state index in [-0.39, 0.29) is 11.7 Å². The molecule has 3 rings (SSSR count). The molecule has 0 aliphatic carbocycles. The fraction of sp³-hybridized carbons (Fsp3) is 0.381. The molecule has 1 fully saturated rings. The molecule has 26 heavy (non-hydrogen) atoms.